The van der Waals surface area contributed by atoms with E-state index >= 15 is 0 Å². The van der Waals surface area contributed by atoms with E-state index in [2.05, 4.69) is 55.6 Å². The van der Waals surface area contributed by atoms with Crippen LogP contribution in [-0.4, -0.2) is 144 Å². The number of hydrogen-bond donors (Lipinski definition) is 6. The first kappa shape index (κ1) is 60.1. The lowest BCUT2D eigenvalue weighted by Crippen LogP contribution is -2.58. The standard InChI is InChI=1S/C52H70N8O8S2.2ClH/c1-33(53-7)45(61)55-37-23-27-69-41-29-51(3,4)43(59(41)49(37)65)47(63)57-39(35-19-13-11-14-20-35)31-67-25-17-9-10-18-26-68-32-40(36-21-15-12-16-22-36)58-48(64)44-52(5,6)30-42-60(44)50(66)38(24-28-70-42)56-46(62)34(2)54-8;;/h11-16,19-22,33-34,37-44,53-54H,23-32H2,1-8H3,(H,55,61)(H,56,62)(H,57,63)(H,58,64);2*1H/t33-,34-,37-,38-,39+,40+,41-,42-,43+,44+;;/m0../s1. The fraction of sp³-hybridized carbons (Fsp3) is 0.577. The van der Waals surface area contributed by atoms with Crippen molar-refractivity contribution in [3.63, 3.8) is 0 Å². The van der Waals surface area contributed by atoms with Crippen LogP contribution in [0.1, 0.15) is 90.4 Å². The molecule has 0 saturated carbocycles. The molecule has 6 rings (SSSR count). The number of hydrogen-bond acceptors (Lipinski definition) is 12. The van der Waals surface area contributed by atoms with Crippen molar-refractivity contribution in [3.05, 3.63) is 71.8 Å². The molecule has 6 amide bonds. The first-order valence-electron chi connectivity index (χ1n) is 24.1. The lowest BCUT2D eigenvalue weighted by atomic mass is 9.83. The Morgan fingerprint density at radius 3 is 1.35 bits per heavy atom. The molecular formula is C52H72Cl2N8O8S2. The second-order valence-electron chi connectivity index (χ2n) is 19.6. The van der Waals surface area contributed by atoms with Gasteiger partial charge in [-0.15, -0.1) is 48.3 Å². The number of thioether (sulfide) groups is 2. The van der Waals surface area contributed by atoms with Crippen molar-refractivity contribution in [2.45, 2.75) is 126 Å². The maximum absolute atomic E-state index is 14.3. The van der Waals surface area contributed by atoms with Crippen molar-refractivity contribution in [2.24, 2.45) is 10.8 Å². The highest BCUT2D eigenvalue weighted by molar-refractivity contribution is 8.00. The molecule has 0 aromatic heterocycles. The summed E-state index contributed by atoms with van der Waals surface area (Å²) < 4.78 is 12.0. The van der Waals surface area contributed by atoms with Crippen molar-refractivity contribution in [3.8, 4) is 23.7 Å². The number of benzene rings is 2. The Labute approximate surface area is 446 Å². The average Bonchev–Trinajstić information content (AvgIpc) is 3.66. The van der Waals surface area contributed by atoms with E-state index in [1.807, 2.05) is 88.4 Å². The van der Waals surface area contributed by atoms with Crippen molar-refractivity contribution in [1.29, 1.82) is 0 Å². The van der Waals surface area contributed by atoms with Gasteiger partial charge in [-0.3, -0.25) is 28.8 Å². The second kappa shape index (κ2) is 27.7. The minimum absolute atomic E-state index is 0. The van der Waals surface area contributed by atoms with Gasteiger partial charge in [0.2, 0.25) is 35.4 Å². The van der Waals surface area contributed by atoms with E-state index < -0.39 is 59.2 Å². The van der Waals surface area contributed by atoms with Crippen molar-refractivity contribution in [2.75, 3.05) is 52.0 Å². The topological polar surface area (TPSA) is 200 Å². The molecule has 20 heteroatoms. The molecule has 10 atom stereocenters. The van der Waals surface area contributed by atoms with E-state index in [0.717, 1.165) is 11.1 Å². The van der Waals surface area contributed by atoms with Gasteiger partial charge in [-0.2, -0.15) is 0 Å². The largest absolute Gasteiger partial charge is 0.366 e. The molecule has 72 heavy (non-hydrogen) atoms. The highest BCUT2D eigenvalue weighted by Crippen LogP contribution is 2.48. The van der Waals surface area contributed by atoms with Crippen molar-refractivity contribution < 1.29 is 38.2 Å². The minimum atomic E-state index is -0.766. The number of ether oxygens (including phenoxy) is 2. The van der Waals surface area contributed by atoms with Gasteiger partial charge in [-0.25, -0.2) is 0 Å². The van der Waals surface area contributed by atoms with Gasteiger partial charge in [0.15, 0.2) is 0 Å². The van der Waals surface area contributed by atoms with E-state index in [4.69, 9.17) is 9.47 Å². The molecule has 4 fully saturated rings. The number of carbonyl (C=O) groups is 6. The lowest BCUT2D eigenvalue weighted by Gasteiger charge is -2.35. The molecule has 4 aliphatic heterocycles. The van der Waals surface area contributed by atoms with Crippen LogP contribution in [0.5, 0.6) is 0 Å². The molecule has 4 heterocycles. The number of rotatable bonds is 18. The number of amides is 6. The van der Waals surface area contributed by atoms with Crippen LogP contribution in [-0.2, 0) is 38.2 Å². The zero-order valence-electron chi connectivity index (χ0n) is 42.4. The summed E-state index contributed by atoms with van der Waals surface area (Å²) in [6.45, 7) is 11.8. The zero-order chi connectivity index (χ0) is 50.6. The van der Waals surface area contributed by atoms with Gasteiger partial charge in [-0.1, -0.05) is 100 Å². The normalized spacial score (nSPS) is 24.4. The van der Waals surface area contributed by atoms with Crippen molar-refractivity contribution in [1.82, 2.24) is 41.7 Å². The molecule has 4 aliphatic rings. The minimum Gasteiger partial charge on any atom is -0.366 e. The first-order chi connectivity index (χ1) is 33.5. The maximum atomic E-state index is 14.3. The highest BCUT2D eigenvalue weighted by atomic mass is 35.5. The van der Waals surface area contributed by atoms with E-state index in [1.54, 1.807) is 61.3 Å². The van der Waals surface area contributed by atoms with Crippen LogP contribution >= 0.6 is 48.3 Å². The maximum Gasteiger partial charge on any atom is 0.246 e. The molecule has 394 valence electrons. The van der Waals surface area contributed by atoms with Gasteiger partial charge in [0.25, 0.3) is 0 Å². The number of nitrogens with zero attached hydrogens (tertiary/aromatic N) is 2. The predicted octanol–water partition coefficient (Wildman–Crippen LogP) is 3.95. The summed E-state index contributed by atoms with van der Waals surface area (Å²) in [6.07, 6.45) is 2.23. The van der Waals surface area contributed by atoms with Crippen molar-refractivity contribution >= 4 is 83.8 Å². The Balaban J connectivity index is 0.00000562. The molecule has 0 spiro atoms. The summed E-state index contributed by atoms with van der Waals surface area (Å²) in [5, 5.41) is 17.6. The Kier molecular flexibility index (Phi) is 23.1. The highest BCUT2D eigenvalue weighted by Gasteiger charge is 2.56. The monoisotopic (exact) mass is 1070 g/mol. The van der Waals surface area contributed by atoms with E-state index in [9.17, 15) is 28.8 Å². The zero-order valence-corrected chi connectivity index (χ0v) is 45.7. The third-order valence-corrected chi connectivity index (χ3v) is 16.1. The molecule has 0 radical (unpaired) electrons. The van der Waals surface area contributed by atoms with E-state index in [-0.39, 0.29) is 97.4 Å². The third kappa shape index (κ3) is 15.1. The van der Waals surface area contributed by atoms with Crippen LogP contribution in [0, 0.1) is 34.5 Å². The van der Waals surface area contributed by atoms with E-state index in [0.29, 0.717) is 37.2 Å². The Morgan fingerprint density at radius 1 is 0.639 bits per heavy atom. The molecule has 16 nitrogen and oxygen atoms in total. The van der Waals surface area contributed by atoms with E-state index in [1.165, 1.54) is 0 Å². The van der Waals surface area contributed by atoms with Gasteiger partial charge < -0.3 is 51.2 Å². The summed E-state index contributed by atoms with van der Waals surface area (Å²) in [4.78, 5) is 85.8. The van der Waals surface area contributed by atoms with Crippen LogP contribution < -0.4 is 31.9 Å². The van der Waals surface area contributed by atoms with Crippen LogP contribution in [0.15, 0.2) is 60.7 Å². The number of likely N-dealkylation sites (N-methyl/N-ethyl adjacent to an activating group) is 2. The molecule has 2 aromatic rings. The molecule has 0 unspecified atom stereocenters. The van der Waals surface area contributed by atoms with Crippen LogP contribution in [0.4, 0.5) is 0 Å². The van der Waals surface area contributed by atoms with Gasteiger partial charge in [0.1, 0.15) is 37.4 Å². The van der Waals surface area contributed by atoms with Gasteiger partial charge in [0.05, 0.1) is 48.1 Å². The number of halogens is 2. The fourth-order valence-corrected chi connectivity index (χ4v) is 12.6. The Hall–Kier alpha value is -4.50. The molecule has 6 N–H and O–H groups in total. The Morgan fingerprint density at radius 2 is 1.00 bits per heavy atom. The molecular weight excluding hydrogens is 1000 g/mol. The summed E-state index contributed by atoms with van der Waals surface area (Å²) in [5.74, 6) is 11.2. The van der Waals surface area contributed by atoms with Gasteiger partial charge in [0, 0.05) is 0 Å². The summed E-state index contributed by atoms with van der Waals surface area (Å²) in [6, 6.07) is 14.0. The van der Waals surface area contributed by atoms with Gasteiger partial charge in [-0.05, 0) is 98.9 Å². The Bertz CT molecular complexity index is 2150. The van der Waals surface area contributed by atoms with Gasteiger partial charge >= 0.3 is 0 Å². The average molecular weight is 1070 g/mol. The SMILES string of the molecule is CN[C@@H](C)C(=O)N[C@H]1CCS[C@H]2CC(C)(C)[C@@H](C(=O)N[C@H](COCC#CC#CCOC[C@@H](NC(=O)[C@H]3N4C(=O)[C@@H](NC(=O)[C@H](C)NC)CCS[C@H]4CC3(C)C)c3ccccc3)c3ccccc3)N2C1=O.Cl.Cl. The van der Waals surface area contributed by atoms with Crippen LogP contribution in [0.3, 0.4) is 0 Å². The fourth-order valence-electron chi connectivity index (χ4n) is 9.49. The number of nitrogens with one attached hydrogen (secondary N) is 6. The summed E-state index contributed by atoms with van der Waals surface area (Å²) in [5.41, 5.74) is 0.604. The lowest BCUT2D eigenvalue weighted by molar-refractivity contribution is -0.144. The van der Waals surface area contributed by atoms with Crippen LogP contribution in [0.2, 0.25) is 0 Å². The quantitative estimate of drug-likeness (QED) is 0.0931. The second-order valence-corrected chi connectivity index (χ2v) is 22.2. The number of carbonyl (C=O) groups excluding carboxylic acids is 6. The molecule has 4 saturated heterocycles. The summed E-state index contributed by atoms with van der Waals surface area (Å²) >= 11 is 3.29. The molecule has 0 bridgehead atoms. The first-order valence-corrected chi connectivity index (χ1v) is 26.2. The smallest absolute Gasteiger partial charge is 0.246 e. The van der Waals surface area contributed by atoms with Crippen LogP contribution in [0.25, 0.3) is 0 Å². The molecule has 0 aliphatic carbocycles. The third-order valence-electron chi connectivity index (χ3n) is 13.6. The summed E-state index contributed by atoms with van der Waals surface area (Å²) in [7, 11) is 3.38. The predicted molar refractivity (Wildman–Crippen MR) is 287 cm³/mol. The number of fused-ring (bicyclic) bond motifs is 2. The molecule has 2 aromatic carbocycles.